The molecule has 86 valence electrons. The molecule has 0 saturated carbocycles. The minimum atomic E-state index is 0.504. The number of rotatable bonds is 6. The van der Waals surface area contributed by atoms with Gasteiger partial charge in [0.15, 0.2) is 0 Å². The van der Waals surface area contributed by atoms with E-state index in [0.29, 0.717) is 6.04 Å². The van der Waals surface area contributed by atoms with Crippen molar-refractivity contribution in [3.05, 3.63) is 11.6 Å². The van der Waals surface area contributed by atoms with Gasteiger partial charge in [0, 0.05) is 6.04 Å². The number of hydrogen-bond donors (Lipinski definition) is 1. The van der Waals surface area contributed by atoms with Gasteiger partial charge in [-0.2, -0.15) is 5.10 Å². The predicted molar refractivity (Wildman–Crippen MR) is 61.9 cm³/mol. The minimum absolute atomic E-state index is 0.504. The first-order chi connectivity index (χ1) is 7.17. The monoisotopic (exact) mass is 210 g/mol. The molecule has 4 heteroatoms. The van der Waals surface area contributed by atoms with E-state index in [0.717, 1.165) is 31.2 Å². The van der Waals surface area contributed by atoms with Crippen LogP contribution in [-0.2, 0) is 6.54 Å². The van der Waals surface area contributed by atoms with E-state index < -0.39 is 0 Å². The standard InChI is InChI=1S/C11H22N4/c1-5-7-12-11(6-2)8-15-10(4)13-9(3)14-15/h11-12H,5-8H2,1-4H3. The molecule has 1 rings (SSSR count). The summed E-state index contributed by atoms with van der Waals surface area (Å²) >= 11 is 0. The second-order valence-electron chi connectivity index (χ2n) is 3.95. The first-order valence-corrected chi connectivity index (χ1v) is 5.78. The van der Waals surface area contributed by atoms with E-state index in [-0.39, 0.29) is 0 Å². The fourth-order valence-corrected chi connectivity index (χ4v) is 1.63. The van der Waals surface area contributed by atoms with Crippen molar-refractivity contribution in [3.63, 3.8) is 0 Å². The molecule has 0 amide bonds. The Kier molecular flexibility index (Phi) is 4.75. The molecule has 1 unspecified atom stereocenters. The van der Waals surface area contributed by atoms with Crippen LogP contribution in [0.25, 0.3) is 0 Å². The van der Waals surface area contributed by atoms with Crippen molar-refractivity contribution in [3.8, 4) is 0 Å². The Hall–Kier alpha value is -0.900. The van der Waals surface area contributed by atoms with Gasteiger partial charge in [0.05, 0.1) is 6.54 Å². The number of nitrogens with one attached hydrogen (secondary N) is 1. The van der Waals surface area contributed by atoms with Gasteiger partial charge < -0.3 is 5.32 Å². The van der Waals surface area contributed by atoms with E-state index in [1.807, 2.05) is 18.5 Å². The number of hydrogen-bond acceptors (Lipinski definition) is 3. The average molecular weight is 210 g/mol. The van der Waals surface area contributed by atoms with Crippen LogP contribution in [0.15, 0.2) is 0 Å². The number of aromatic nitrogens is 3. The van der Waals surface area contributed by atoms with Crippen LogP contribution in [-0.4, -0.2) is 27.4 Å². The van der Waals surface area contributed by atoms with Gasteiger partial charge in [0.2, 0.25) is 0 Å². The lowest BCUT2D eigenvalue weighted by Crippen LogP contribution is -2.33. The molecule has 0 aliphatic rings. The summed E-state index contributed by atoms with van der Waals surface area (Å²) < 4.78 is 1.99. The van der Waals surface area contributed by atoms with Crippen molar-refractivity contribution in [1.29, 1.82) is 0 Å². The maximum atomic E-state index is 4.37. The molecule has 1 atom stereocenters. The zero-order valence-electron chi connectivity index (χ0n) is 10.2. The van der Waals surface area contributed by atoms with Crippen molar-refractivity contribution in [2.75, 3.05) is 6.54 Å². The fourth-order valence-electron chi connectivity index (χ4n) is 1.63. The van der Waals surface area contributed by atoms with Gasteiger partial charge in [-0.15, -0.1) is 0 Å². The highest BCUT2D eigenvalue weighted by Gasteiger charge is 2.09. The Bertz CT molecular complexity index is 293. The third-order valence-electron chi connectivity index (χ3n) is 2.53. The van der Waals surface area contributed by atoms with Gasteiger partial charge >= 0.3 is 0 Å². The maximum Gasteiger partial charge on any atom is 0.147 e. The number of nitrogens with zero attached hydrogens (tertiary/aromatic N) is 3. The Morgan fingerprint density at radius 1 is 1.33 bits per heavy atom. The lowest BCUT2D eigenvalue weighted by Gasteiger charge is -2.16. The van der Waals surface area contributed by atoms with Crippen LogP contribution < -0.4 is 5.32 Å². The first kappa shape index (κ1) is 12.2. The molecule has 0 spiro atoms. The Morgan fingerprint density at radius 3 is 2.53 bits per heavy atom. The summed E-state index contributed by atoms with van der Waals surface area (Å²) in [6, 6.07) is 0.504. The van der Waals surface area contributed by atoms with Crippen LogP contribution in [0.2, 0.25) is 0 Å². The van der Waals surface area contributed by atoms with Gasteiger partial charge in [0.25, 0.3) is 0 Å². The van der Waals surface area contributed by atoms with E-state index in [9.17, 15) is 0 Å². The van der Waals surface area contributed by atoms with Crippen LogP contribution in [0.4, 0.5) is 0 Å². The molecular weight excluding hydrogens is 188 g/mol. The van der Waals surface area contributed by atoms with Gasteiger partial charge in [-0.25, -0.2) is 9.67 Å². The third-order valence-corrected chi connectivity index (χ3v) is 2.53. The molecule has 0 aliphatic heterocycles. The highest BCUT2D eigenvalue weighted by Crippen LogP contribution is 2.01. The summed E-state index contributed by atoms with van der Waals surface area (Å²) in [6.45, 7) is 10.3. The highest BCUT2D eigenvalue weighted by atomic mass is 15.3. The van der Waals surface area contributed by atoms with Crippen LogP contribution in [0.1, 0.15) is 38.3 Å². The molecule has 15 heavy (non-hydrogen) atoms. The lowest BCUT2D eigenvalue weighted by atomic mass is 10.2. The summed E-state index contributed by atoms with van der Waals surface area (Å²) in [4.78, 5) is 4.30. The fraction of sp³-hybridized carbons (Fsp3) is 0.818. The van der Waals surface area contributed by atoms with Gasteiger partial charge in [-0.3, -0.25) is 0 Å². The molecule has 0 bridgehead atoms. The summed E-state index contributed by atoms with van der Waals surface area (Å²) in [5.41, 5.74) is 0. The van der Waals surface area contributed by atoms with Crippen molar-refractivity contribution in [2.45, 2.75) is 53.1 Å². The SMILES string of the molecule is CCCNC(CC)Cn1nc(C)nc1C. The van der Waals surface area contributed by atoms with Crippen molar-refractivity contribution >= 4 is 0 Å². The number of aryl methyl sites for hydroxylation is 2. The van der Waals surface area contributed by atoms with Crippen LogP contribution in [0, 0.1) is 13.8 Å². The van der Waals surface area contributed by atoms with Gasteiger partial charge in [0.1, 0.15) is 11.6 Å². The van der Waals surface area contributed by atoms with E-state index in [1.54, 1.807) is 0 Å². The second kappa shape index (κ2) is 5.85. The van der Waals surface area contributed by atoms with Crippen LogP contribution >= 0.6 is 0 Å². The maximum absolute atomic E-state index is 4.37. The molecule has 1 aromatic rings. The molecule has 0 saturated heterocycles. The van der Waals surface area contributed by atoms with Crippen molar-refractivity contribution < 1.29 is 0 Å². The van der Waals surface area contributed by atoms with E-state index in [2.05, 4.69) is 29.2 Å². The normalized spacial score (nSPS) is 13.1. The third kappa shape index (κ3) is 3.63. The predicted octanol–water partition coefficient (Wildman–Crippen LogP) is 1.67. The largest absolute Gasteiger partial charge is 0.312 e. The first-order valence-electron chi connectivity index (χ1n) is 5.78. The molecule has 4 nitrogen and oxygen atoms in total. The van der Waals surface area contributed by atoms with Crippen molar-refractivity contribution in [2.24, 2.45) is 0 Å². The molecule has 0 fully saturated rings. The summed E-state index contributed by atoms with van der Waals surface area (Å²) in [7, 11) is 0. The van der Waals surface area contributed by atoms with E-state index >= 15 is 0 Å². The van der Waals surface area contributed by atoms with Crippen LogP contribution in [0.5, 0.6) is 0 Å². The smallest absolute Gasteiger partial charge is 0.147 e. The summed E-state index contributed by atoms with van der Waals surface area (Å²) in [5.74, 6) is 1.86. The lowest BCUT2D eigenvalue weighted by molar-refractivity contribution is 0.410. The summed E-state index contributed by atoms with van der Waals surface area (Å²) in [5, 5.41) is 7.89. The second-order valence-corrected chi connectivity index (χ2v) is 3.95. The molecule has 1 heterocycles. The van der Waals surface area contributed by atoms with E-state index in [4.69, 9.17) is 0 Å². The van der Waals surface area contributed by atoms with E-state index in [1.165, 1.54) is 6.42 Å². The average Bonchev–Trinajstić information content (AvgIpc) is 2.52. The highest BCUT2D eigenvalue weighted by molar-refractivity contribution is 4.88. The Balaban J connectivity index is 2.54. The topological polar surface area (TPSA) is 42.7 Å². The summed E-state index contributed by atoms with van der Waals surface area (Å²) in [6.07, 6.45) is 2.30. The molecular formula is C11H22N4. The zero-order valence-corrected chi connectivity index (χ0v) is 10.2. The van der Waals surface area contributed by atoms with Gasteiger partial charge in [-0.05, 0) is 33.2 Å². The van der Waals surface area contributed by atoms with Crippen LogP contribution in [0.3, 0.4) is 0 Å². The Morgan fingerprint density at radius 2 is 2.07 bits per heavy atom. The Labute approximate surface area is 92.1 Å². The molecule has 0 aromatic carbocycles. The molecule has 1 aromatic heterocycles. The molecule has 0 radical (unpaired) electrons. The quantitative estimate of drug-likeness (QED) is 0.776. The van der Waals surface area contributed by atoms with Gasteiger partial charge in [-0.1, -0.05) is 13.8 Å². The minimum Gasteiger partial charge on any atom is -0.312 e. The molecule has 0 aliphatic carbocycles. The molecule has 1 N–H and O–H groups in total. The van der Waals surface area contributed by atoms with Crippen molar-refractivity contribution in [1.82, 2.24) is 20.1 Å². The zero-order chi connectivity index (χ0) is 11.3.